The predicted octanol–water partition coefficient (Wildman–Crippen LogP) is 5.06. The summed E-state index contributed by atoms with van der Waals surface area (Å²) in [6.07, 6.45) is 4.90. The topological polar surface area (TPSA) is 64.1 Å². The van der Waals surface area contributed by atoms with Crippen LogP contribution in [-0.4, -0.2) is 32.8 Å². The Bertz CT molecular complexity index is 705. The molecule has 8 heteroatoms. The minimum absolute atomic E-state index is 0.143. The zero-order valence-electron chi connectivity index (χ0n) is 18.1. The summed E-state index contributed by atoms with van der Waals surface area (Å²) in [7, 11) is -3.13. The number of hydrogen-bond donors (Lipinski definition) is 1. The lowest BCUT2D eigenvalue weighted by Crippen LogP contribution is -2.66. The summed E-state index contributed by atoms with van der Waals surface area (Å²) >= 11 is 3.39. The average Bonchev–Trinajstić information content (AvgIpc) is 2.43. The molecule has 0 aromatic carbocycles. The van der Waals surface area contributed by atoms with Crippen LogP contribution in [0.15, 0.2) is 16.9 Å². The first-order chi connectivity index (χ1) is 12.0. The molecule has 0 saturated heterocycles. The lowest BCUT2D eigenvalue weighted by molar-refractivity contribution is -0.0720. The van der Waals surface area contributed by atoms with E-state index in [-0.39, 0.29) is 15.4 Å². The van der Waals surface area contributed by atoms with Gasteiger partial charge in [-0.05, 0) is 61.8 Å². The normalized spacial score (nSPS) is 27.9. The van der Waals surface area contributed by atoms with E-state index in [0.29, 0.717) is 18.7 Å². The Morgan fingerprint density at radius 2 is 1.63 bits per heavy atom. The van der Waals surface area contributed by atoms with Gasteiger partial charge in [-0.25, -0.2) is 18.9 Å². The van der Waals surface area contributed by atoms with Crippen LogP contribution < -0.4 is 4.72 Å². The van der Waals surface area contributed by atoms with Crippen LogP contribution in [0.25, 0.3) is 0 Å². The van der Waals surface area contributed by atoms with Crippen molar-refractivity contribution in [2.45, 2.75) is 95.3 Å². The van der Waals surface area contributed by atoms with Crippen LogP contribution in [0, 0.1) is 0 Å². The Hall–Kier alpha value is -0.153. The zero-order chi connectivity index (χ0) is 20.9. The van der Waals surface area contributed by atoms with E-state index < -0.39 is 24.8 Å². The van der Waals surface area contributed by atoms with E-state index in [2.05, 4.69) is 71.4 Å². The molecule has 1 aromatic rings. The highest BCUT2D eigenvalue weighted by Crippen LogP contribution is 2.53. The molecule has 1 aliphatic rings. The first kappa shape index (κ1) is 23.1. The van der Waals surface area contributed by atoms with E-state index in [0.717, 1.165) is 4.47 Å². The molecule has 1 aromatic heterocycles. The summed E-state index contributed by atoms with van der Waals surface area (Å²) in [5.41, 5.74) is -0.801. The summed E-state index contributed by atoms with van der Waals surface area (Å²) in [4.78, 5) is 9.04. The third-order valence-corrected chi connectivity index (χ3v) is 12.3. The number of nitrogens with one attached hydrogen (secondary N) is 1. The van der Waals surface area contributed by atoms with Crippen LogP contribution in [0.1, 0.15) is 67.1 Å². The fourth-order valence-electron chi connectivity index (χ4n) is 3.23. The van der Waals surface area contributed by atoms with Gasteiger partial charge in [0.25, 0.3) is 0 Å². The molecule has 1 atom stereocenters. The van der Waals surface area contributed by atoms with Crippen LogP contribution >= 0.6 is 15.9 Å². The van der Waals surface area contributed by atoms with E-state index in [1.807, 2.05) is 20.8 Å². The summed E-state index contributed by atoms with van der Waals surface area (Å²) in [6.45, 7) is 19.4. The third-order valence-electron chi connectivity index (χ3n) is 5.55. The van der Waals surface area contributed by atoms with Crippen molar-refractivity contribution in [1.82, 2.24) is 14.7 Å². The molecular formula is C19H34BrN3O2SSi. The first-order valence-corrected chi connectivity index (χ1v) is 14.2. The van der Waals surface area contributed by atoms with Gasteiger partial charge in [-0.1, -0.05) is 20.8 Å². The Morgan fingerprint density at radius 3 is 2.04 bits per heavy atom. The minimum Gasteiger partial charge on any atom is -0.411 e. The van der Waals surface area contributed by atoms with Crippen molar-refractivity contribution in [1.29, 1.82) is 0 Å². The van der Waals surface area contributed by atoms with Gasteiger partial charge in [-0.15, -0.1) is 0 Å². The largest absolute Gasteiger partial charge is 0.411 e. The van der Waals surface area contributed by atoms with Crippen LogP contribution in [0.2, 0.25) is 18.1 Å². The molecule has 0 radical (unpaired) electrons. The van der Waals surface area contributed by atoms with Gasteiger partial charge >= 0.3 is 0 Å². The summed E-state index contributed by atoms with van der Waals surface area (Å²) in [6, 6.07) is 0. The molecule has 1 saturated carbocycles. The van der Waals surface area contributed by atoms with Crippen molar-refractivity contribution < 1.29 is 8.63 Å². The number of rotatable bonds is 5. The SMILES string of the molecule is CC1(O[Si](C)(C)C(C)(C)C)CC(N[S@@](=O)C(C)(C)C)(c2ncc(Br)cn2)C1. The molecule has 1 fully saturated rings. The van der Waals surface area contributed by atoms with Crippen molar-refractivity contribution in [3.63, 3.8) is 0 Å². The van der Waals surface area contributed by atoms with Crippen LogP contribution in [0.3, 0.4) is 0 Å². The van der Waals surface area contributed by atoms with E-state index in [9.17, 15) is 4.21 Å². The number of hydrogen-bond acceptors (Lipinski definition) is 4. The number of halogens is 1. The van der Waals surface area contributed by atoms with Gasteiger partial charge in [-0.2, -0.15) is 0 Å². The standard InChI is InChI=1S/C19H34BrN3O2SSi/c1-16(2,3)26(24)23-19(15-21-10-14(20)11-22-15)12-18(7,13-19)25-27(8,9)17(4,5)6/h10-11,23H,12-13H2,1-9H3/t18?,19?,26-/m0/s1. The predicted molar refractivity (Wildman–Crippen MR) is 118 cm³/mol. The highest BCUT2D eigenvalue weighted by molar-refractivity contribution is 9.10. The van der Waals surface area contributed by atoms with E-state index in [1.54, 1.807) is 12.4 Å². The first-order valence-electron chi connectivity index (χ1n) is 9.38. The Labute approximate surface area is 176 Å². The summed E-state index contributed by atoms with van der Waals surface area (Å²) in [5, 5.41) is 0.143. The fourth-order valence-corrected chi connectivity index (χ4v) is 6.02. The molecule has 1 N–H and O–H groups in total. The maximum atomic E-state index is 12.9. The quantitative estimate of drug-likeness (QED) is 0.604. The van der Waals surface area contributed by atoms with Gasteiger partial charge < -0.3 is 4.43 Å². The summed E-state index contributed by atoms with van der Waals surface area (Å²) < 4.78 is 23.4. The zero-order valence-corrected chi connectivity index (χ0v) is 21.5. The third kappa shape index (κ3) is 5.07. The van der Waals surface area contributed by atoms with E-state index >= 15 is 0 Å². The number of nitrogens with zero attached hydrogens (tertiary/aromatic N) is 2. The smallest absolute Gasteiger partial charge is 0.192 e. The van der Waals surface area contributed by atoms with Crippen molar-refractivity contribution in [2.24, 2.45) is 0 Å². The van der Waals surface area contributed by atoms with Crippen molar-refractivity contribution in [3.05, 3.63) is 22.7 Å². The maximum absolute atomic E-state index is 12.9. The second-order valence-corrected chi connectivity index (χ2v) is 18.1. The Kier molecular flexibility index (Phi) is 6.23. The molecule has 0 amide bonds. The van der Waals surface area contributed by atoms with Crippen molar-refractivity contribution in [3.8, 4) is 0 Å². The van der Waals surface area contributed by atoms with Crippen molar-refractivity contribution in [2.75, 3.05) is 0 Å². The second kappa shape index (κ2) is 7.27. The molecule has 1 aliphatic carbocycles. The molecular weight excluding hydrogens is 442 g/mol. The van der Waals surface area contributed by atoms with Crippen molar-refractivity contribution >= 4 is 35.2 Å². The molecule has 0 spiro atoms. The lowest BCUT2D eigenvalue weighted by atomic mass is 9.66. The maximum Gasteiger partial charge on any atom is 0.192 e. The molecule has 1 heterocycles. The van der Waals surface area contributed by atoms with Crippen LogP contribution in [-0.2, 0) is 21.0 Å². The minimum atomic E-state index is -1.91. The van der Waals surface area contributed by atoms with Crippen LogP contribution in [0.5, 0.6) is 0 Å². The van der Waals surface area contributed by atoms with Gasteiger partial charge in [0.15, 0.2) is 8.32 Å². The van der Waals surface area contributed by atoms with E-state index in [4.69, 9.17) is 4.43 Å². The van der Waals surface area contributed by atoms with Gasteiger partial charge in [0.1, 0.15) is 5.82 Å². The highest BCUT2D eigenvalue weighted by atomic mass is 79.9. The monoisotopic (exact) mass is 475 g/mol. The van der Waals surface area contributed by atoms with Gasteiger partial charge in [-0.3, -0.25) is 0 Å². The number of aromatic nitrogens is 2. The molecule has 5 nitrogen and oxygen atoms in total. The fraction of sp³-hybridized carbons (Fsp3) is 0.789. The molecule has 0 unspecified atom stereocenters. The molecule has 2 rings (SSSR count). The Morgan fingerprint density at radius 1 is 1.15 bits per heavy atom. The highest BCUT2D eigenvalue weighted by Gasteiger charge is 2.59. The van der Waals surface area contributed by atoms with E-state index in [1.165, 1.54) is 0 Å². The molecule has 0 bridgehead atoms. The molecule has 0 aliphatic heterocycles. The second-order valence-electron chi connectivity index (χ2n) is 10.5. The Balaban J connectivity index is 2.30. The average molecular weight is 477 g/mol. The van der Waals surface area contributed by atoms with Gasteiger partial charge in [0, 0.05) is 25.2 Å². The molecule has 27 heavy (non-hydrogen) atoms. The van der Waals surface area contributed by atoms with Gasteiger partial charge in [0.05, 0.1) is 31.3 Å². The lowest BCUT2D eigenvalue weighted by Gasteiger charge is -2.57. The van der Waals surface area contributed by atoms with Gasteiger partial charge in [0.2, 0.25) is 0 Å². The van der Waals surface area contributed by atoms with Crippen LogP contribution in [0.4, 0.5) is 0 Å². The summed E-state index contributed by atoms with van der Waals surface area (Å²) in [5.74, 6) is 0.680. The molecule has 154 valence electrons.